The SMILES string of the molecule is COc1ccc(S(=O)(=O)Oc2ccc(C(C)(C)C)cc2)c([N+](=O)[O-])c1. The molecule has 0 aliphatic carbocycles. The van der Waals surface area contributed by atoms with E-state index in [1.165, 1.54) is 25.3 Å². The summed E-state index contributed by atoms with van der Waals surface area (Å²) >= 11 is 0. The highest BCUT2D eigenvalue weighted by Crippen LogP contribution is 2.31. The number of ether oxygens (including phenoxy) is 1. The van der Waals surface area contributed by atoms with E-state index in [2.05, 4.69) is 0 Å². The average molecular weight is 365 g/mol. The number of rotatable bonds is 5. The van der Waals surface area contributed by atoms with Gasteiger partial charge in [0, 0.05) is 0 Å². The highest BCUT2D eigenvalue weighted by Gasteiger charge is 2.28. The molecule has 0 atom stereocenters. The lowest BCUT2D eigenvalue weighted by molar-refractivity contribution is -0.388. The molecular weight excluding hydrogens is 346 g/mol. The van der Waals surface area contributed by atoms with Gasteiger partial charge in [0.15, 0.2) is 4.90 Å². The summed E-state index contributed by atoms with van der Waals surface area (Å²) in [7, 11) is -3.03. The molecule has 2 aromatic carbocycles. The minimum absolute atomic E-state index is 0.0816. The summed E-state index contributed by atoms with van der Waals surface area (Å²) in [6.07, 6.45) is 0. The van der Waals surface area contributed by atoms with Gasteiger partial charge in [0.2, 0.25) is 0 Å². The predicted octanol–water partition coefficient (Wildman–Crippen LogP) is 3.67. The standard InChI is InChI=1S/C17H19NO6S/c1-17(2,3)12-5-7-13(8-6-12)24-25(21,22)16-10-9-14(23-4)11-15(16)18(19)20/h5-11H,1-4H3. The van der Waals surface area contributed by atoms with Crippen LogP contribution in [0.4, 0.5) is 5.69 Å². The lowest BCUT2D eigenvalue weighted by Gasteiger charge is -2.19. The number of nitro groups is 1. The third kappa shape index (κ3) is 4.27. The Morgan fingerprint density at radius 2 is 1.56 bits per heavy atom. The maximum Gasteiger partial charge on any atom is 0.346 e. The largest absolute Gasteiger partial charge is 0.497 e. The topological polar surface area (TPSA) is 95.7 Å². The maximum atomic E-state index is 12.4. The zero-order valence-electron chi connectivity index (χ0n) is 14.3. The maximum absolute atomic E-state index is 12.4. The van der Waals surface area contributed by atoms with Crippen LogP contribution in [0.1, 0.15) is 26.3 Å². The fraction of sp³-hybridized carbons (Fsp3) is 0.294. The summed E-state index contributed by atoms with van der Waals surface area (Å²) in [4.78, 5) is 9.85. The van der Waals surface area contributed by atoms with Crippen LogP contribution in [0.25, 0.3) is 0 Å². The third-order valence-corrected chi connectivity index (χ3v) is 4.85. The van der Waals surface area contributed by atoms with E-state index < -0.39 is 25.6 Å². The molecule has 7 nitrogen and oxygen atoms in total. The molecule has 0 amide bonds. The van der Waals surface area contributed by atoms with Crippen LogP contribution < -0.4 is 8.92 Å². The van der Waals surface area contributed by atoms with E-state index in [-0.39, 0.29) is 16.9 Å². The van der Waals surface area contributed by atoms with Crippen molar-refractivity contribution in [2.75, 3.05) is 7.11 Å². The van der Waals surface area contributed by atoms with Crippen LogP contribution >= 0.6 is 0 Å². The summed E-state index contributed by atoms with van der Waals surface area (Å²) in [5.74, 6) is 0.262. The lowest BCUT2D eigenvalue weighted by Crippen LogP contribution is -2.13. The Hall–Kier alpha value is -2.61. The molecule has 2 rings (SSSR count). The van der Waals surface area contributed by atoms with Gasteiger partial charge in [0.05, 0.1) is 18.1 Å². The van der Waals surface area contributed by atoms with Gasteiger partial charge in [-0.05, 0) is 35.2 Å². The Labute approximate surface area is 146 Å². The van der Waals surface area contributed by atoms with Crippen molar-refractivity contribution in [1.82, 2.24) is 0 Å². The normalized spacial score (nSPS) is 11.8. The van der Waals surface area contributed by atoms with E-state index >= 15 is 0 Å². The number of methoxy groups -OCH3 is 1. The Morgan fingerprint density at radius 1 is 1.00 bits per heavy atom. The second-order valence-electron chi connectivity index (χ2n) is 6.40. The van der Waals surface area contributed by atoms with Gasteiger partial charge in [-0.2, -0.15) is 8.42 Å². The van der Waals surface area contributed by atoms with Gasteiger partial charge in [-0.1, -0.05) is 32.9 Å². The van der Waals surface area contributed by atoms with Crippen molar-refractivity contribution in [3.8, 4) is 11.5 Å². The van der Waals surface area contributed by atoms with Crippen LogP contribution in [0.2, 0.25) is 0 Å². The second kappa shape index (κ2) is 6.72. The third-order valence-electron chi connectivity index (χ3n) is 3.56. The quantitative estimate of drug-likeness (QED) is 0.456. The smallest absolute Gasteiger partial charge is 0.346 e. The summed E-state index contributed by atoms with van der Waals surface area (Å²) in [5.41, 5.74) is 0.310. The molecular formula is C17H19NO6S. The average Bonchev–Trinajstić information content (AvgIpc) is 2.53. The van der Waals surface area contributed by atoms with Crippen molar-refractivity contribution < 1.29 is 22.3 Å². The minimum atomic E-state index is -4.36. The first-order valence-electron chi connectivity index (χ1n) is 7.42. The van der Waals surface area contributed by atoms with Crippen molar-refractivity contribution in [3.63, 3.8) is 0 Å². The zero-order chi connectivity index (χ0) is 18.8. The molecule has 25 heavy (non-hydrogen) atoms. The molecule has 0 unspecified atom stereocenters. The molecule has 0 fully saturated rings. The fourth-order valence-electron chi connectivity index (χ4n) is 2.16. The molecule has 0 aliphatic heterocycles. The molecule has 8 heteroatoms. The minimum Gasteiger partial charge on any atom is -0.497 e. The fourth-order valence-corrected chi connectivity index (χ4v) is 3.24. The van der Waals surface area contributed by atoms with Gasteiger partial charge in [-0.15, -0.1) is 0 Å². The van der Waals surface area contributed by atoms with Crippen molar-refractivity contribution in [2.24, 2.45) is 0 Å². The van der Waals surface area contributed by atoms with Crippen molar-refractivity contribution in [2.45, 2.75) is 31.1 Å². The van der Waals surface area contributed by atoms with E-state index in [9.17, 15) is 18.5 Å². The highest BCUT2D eigenvalue weighted by molar-refractivity contribution is 7.87. The molecule has 0 aromatic heterocycles. The van der Waals surface area contributed by atoms with Gasteiger partial charge in [-0.25, -0.2) is 0 Å². The van der Waals surface area contributed by atoms with Crippen LogP contribution in [0.3, 0.4) is 0 Å². The van der Waals surface area contributed by atoms with E-state index in [1.807, 2.05) is 20.8 Å². The molecule has 2 aromatic rings. The molecule has 0 aliphatic rings. The van der Waals surface area contributed by atoms with Crippen molar-refractivity contribution >= 4 is 15.8 Å². The van der Waals surface area contributed by atoms with E-state index in [0.717, 1.165) is 17.7 Å². The molecule has 0 N–H and O–H groups in total. The first-order chi connectivity index (χ1) is 11.5. The van der Waals surface area contributed by atoms with Crippen LogP contribution in [-0.4, -0.2) is 20.5 Å². The highest BCUT2D eigenvalue weighted by atomic mass is 32.2. The molecule has 0 saturated carbocycles. The number of hydrogen-bond acceptors (Lipinski definition) is 6. The number of hydrogen-bond donors (Lipinski definition) is 0. The van der Waals surface area contributed by atoms with Gasteiger partial charge in [0.1, 0.15) is 11.5 Å². The molecule has 134 valence electrons. The van der Waals surface area contributed by atoms with E-state index in [4.69, 9.17) is 8.92 Å². The van der Waals surface area contributed by atoms with E-state index in [1.54, 1.807) is 12.1 Å². The van der Waals surface area contributed by atoms with Crippen molar-refractivity contribution in [1.29, 1.82) is 0 Å². The first-order valence-corrected chi connectivity index (χ1v) is 8.83. The second-order valence-corrected chi connectivity index (χ2v) is 7.92. The van der Waals surface area contributed by atoms with E-state index in [0.29, 0.717) is 0 Å². The monoisotopic (exact) mass is 365 g/mol. The molecule has 0 heterocycles. The predicted molar refractivity (Wildman–Crippen MR) is 92.6 cm³/mol. The van der Waals surface area contributed by atoms with Crippen LogP contribution in [0.5, 0.6) is 11.5 Å². The summed E-state index contributed by atoms with van der Waals surface area (Å²) in [6, 6.07) is 10.0. The Morgan fingerprint density at radius 3 is 2.04 bits per heavy atom. The first kappa shape index (κ1) is 18.7. The van der Waals surface area contributed by atoms with Gasteiger partial charge < -0.3 is 8.92 Å². The number of nitrogens with zero attached hydrogens (tertiary/aromatic N) is 1. The number of benzene rings is 2. The van der Waals surface area contributed by atoms with Crippen LogP contribution in [0, 0.1) is 10.1 Å². The Bertz CT molecular complexity index is 882. The molecule has 0 bridgehead atoms. The lowest BCUT2D eigenvalue weighted by atomic mass is 9.87. The summed E-state index contributed by atoms with van der Waals surface area (Å²) in [5, 5.41) is 11.2. The molecule has 0 radical (unpaired) electrons. The van der Waals surface area contributed by atoms with Gasteiger partial charge >= 0.3 is 10.1 Å². The molecule has 0 saturated heterocycles. The number of nitro benzene ring substituents is 1. The summed E-state index contributed by atoms with van der Waals surface area (Å²) in [6.45, 7) is 6.08. The van der Waals surface area contributed by atoms with Crippen molar-refractivity contribution in [3.05, 3.63) is 58.1 Å². The molecule has 0 spiro atoms. The van der Waals surface area contributed by atoms with Gasteiger partial charge in [-0.3, -0.25) is 10.1 Å². The Kier molecular flexibility index (Phi) is 5.03. The van der Waals surface area contributed by atoms with Crippen LogP contribution in [0.15, 0.2) is 47.4 Å². The van der Waals surface area contributed by atoms with Crippen LogP contribution in [-0.2, 0) is 15.5 Å². The summed E-state index contributed by atoms with van der Waals surface area (Å²) < 4.78 is 34.8. The Balaban J connectivity index is 2.38. The van der Waals surface area contributed by atoms with Gasteiger partial charge in [0.25, 0.3) is 5.69 Å². The zero-order valence-corrected chi connectivity index (χ0v) is 15.2.